The van der Waals surface area contributed by atoms with Crippen molar-refractivity contribution in [3.63, 3.8) is 0 Å². The summed E-state index contributed by atoms with van der Waals surface area (Å²) in [6.45, 7) is 31.7. The summed E-state index contributed by atoms with van der Waals surface area (Å²) in [5.74, 6) is 0.330. The summed E-state index contributed by atoms with van der Waals surface area (Å²) >= 11 is 0. The number of allylic oxidation sites excluding steroid dienone is 4. The van der Waals surface area contributed by atoms with Gasteiger partial charge in [0.2, 0.25) is 6.29 Å². The molecule has 0 saturated heterocycles. The number of hydrogen-bond donors (Lipinski definition) is 4. The predicted octanol–water partition coefficient (Wildman–Crippen LogP) is 13.2. The van der Waals surface area contributed by atoms with E-state index in [2.05, 4.69) is 27.4 Å². The van der Waals surface area contributed by atoms with Crippen molar-refractivity contribution >= 4 is 23.6 Å². The minimum Gasteiger partial charge on any atom is -0.486 e. The third-order valence-electron chi connectivity index (χ3n) is 5.32. The van der Waals surface area contributed by atoms with E-state index in [9.17, 15) is 14.4 Å². The first kappa shape index (κ1) is 78.8. The molecule has 10 nitrogen and oxygen atoms in total. The van der Waals surface area contributed by atoms with Gasteiger partial charge in [-0.1, -0.05) is 194 Å². The molecule has 0 bridgehead atoms. The highest BCUT2D eigenvalue weighted by Gasteiger charge is 2.11. The highest BCUT2D eigenvalue weighted by Crippen LogP contribution is 2.24. The molecule has 2 aliphatic heterocycles. The molecule has 1 aromatic heterocycles. The Morgan fingerprint density at radius 3 is 1.09 bits per heavy atom. The van der Waals surface area contributed by atoms with Crippen LogP contribution in [0.1, 0.15) is 116 Å². The second kappa shape index (κ2) is 77.9. The van der Waals surface area contributed by atoms with E-state index in [0.717, 1.165) is 27.1 Å². The van der Waals surface area contributed by atoms with Crippen LogP contribution in [0.5, 0.6) is 5.75 Å². The van der Waals surface area contributed by atoms with Crippen LogP contribution in [-0.2, 0) is 19.1 Å². The highest BCUT2D eigenvalue weighted by atomic mass is 16.6. The van der Waals surface area contributed by atoms with Gasteiger partial charge in [-0.2, -0.15) is 0 Å². The van der Waals surface area contributed by atoms with Crippen molar-refractivity contribution in [1.82, 2.24) is 0 Å². The number of aliphatic hydroxyl groups is 4. The van der Waals surface area contributed by atoms with Gasteiger partial charge in [-0.3, -0.25) is 9.59 Å². The maximum atomic E-state index is 10.6. The van der Waals surface area contributed by atoms with Gasteiger partial charge in [0, 0.05) is 38.5 Å². The first-order chi connectivity index (χ1) is 31.3. The van der Waals surface area contributed by atoms with Crippen molar-refractivity contribution in [3.8, 4) is 5.75 Å². The normalized spacial score (nSPS) is 12.2. The van der Waals surface area contributed by atoms with Crippen molar-refractivity contribution in [3.05, 3.63) is 169 Å². The lowest BCUT2D eigenvalue weighted by atomic mass is 10.1. The number of fused-ring (bicyclic) bond motifs is 1. The van der Waals surface area contributed by atoms with Gasteiger partial charge >= 0.3 is 5.97 Å². The van der Waals surface area contributed by atoms with Gasteiger partial charge in [-0.25, -0.2) is 4.79 Å². The van der Waals surface area contributed by atoms with Crippen molar-refractivity contribution in [1.29, 1.82) is 0 Å². The zero-order chi connectivity index (χ0) is 51.8. The second-order valence-electron chi connectivity index (χ2n) is 8.94. The monoisotopic (exact) mass is 899 g/mol. The minimum atomic E-state index is -1.01. The standard InChI is InChI=1S/C10H10O.C7H6O2.2C6H6.C4H4O3.C4H4O.7C2H6.3CH4O/c1-8-6-7-9-4-2-3-5-10(9)11-8;1-5-4-6(8)2-3-7(5)9;2*1-2-4-6-5-3-1;5-3-1-2-4(6)7-3;1-2-4-5-3-1;10*1-2/h2-8H,1H3;2-4H,1H3;2*1-6H;1-3,5H;1-4H;7*1-2H3;3*2H,1H3. The van der Waals surface area contributed by atoms with Gasteiger partial charge < -0.3 is 34.3 Å². The number of cyclic esters (lactones) is 1. The number of ether oxygens (including phenoxy) is 2. The third kappa shape index (κ3) is 60.7. The zero-order valence-electron chi connectivity index (χ0n) is 43.0. The molecule has 1 aliphatic carbocycles. The van der Waals surface area contributed by atoms with Crippen LogP contribution >= 0.6 is 0 Å². The summed E-state index contributed by atoms with van der Waals surface area (Å²) in [7, 11) is 3.00. The molecule has 366 valence electrons. The highest BCUT2D eigenvalue weighted by molar-refractivity contribution is 6.16. The first-order valence-corrected chi connectivity index (χ1v) is 22.1. The van der Waals surface area contributed by atoms with E-state index in [1.165, 1.54) is 35.9 Å². The predicted molar refractivity (Wildman–Crippen MR) is 275 cm³/mol. The fourth-order valence-electron chi connectivity index (χ4n) is 3.18. The molecule has 10 heteroatoms. The number of ketones is 2. The molecule has 0 spiro atoms. The number of hydrogen-bond acceptors (Lipinski definition) is 10. The Morgan fingerprint density at radius 2 is 0.828 bits per heavy atom. The lowest BCUT2D eigenvalue weighted by Gasteiger charge is -2.17. The molecule has 0 amide bonds. The van der Waals surface area contributed by atoms with Gasteiger partial charge in [0.15, 0.2) is 11.6 Å². The lowest BCUT2D eigenvalue weighted by Crippen LogP contribution is -2.11. The van der Waals surface area contributed by atoms with Crippen LogP contribution in [0.2, 0.25) is 0 Å². The van der Waals surface area contributed by atoms with Crippen molar-refractivity contribution in [2.24, 2.45) is 0 Å². The lowest BCUT2D eigenvalue weighted by molar-refractivity contribution is -0.150. The minimum absolute atomic E-state index is 0.0744. The Balaban J connectivity index is -0.0000000759. The fraction of sp³-hybridized carbons (Fsp3) is 0.389. The maximum absolute atomic E-state index is 10.6. The van der Waals surface area contributed by atoms with Crippen LogP contribution < -0.4 is 4.74 Å². The van der Waals surface area contributed by atoms with Gasteiger partial charge in [-0.05, 0) is 62.4 Å². The molecule has 0 fully saturated rings. The molecular formula is C54H90O10. The number of para-hydroxylation sites is 1. The second-order valence-corrected chi connectivity index (χ2v) is 8.94. The van der Waals surface area contributed by atoms with Gasteiger partial charge in [0.1, 0.15) is 11.9 Å². The first-order valence-electron chi connectivity index (χ1n) is 22.1. The summed E-state index contributed by atoms with van der Waals surface area (Å²) in [6.07, 6.45) is 13.0. The van der Waals surface area contributed by atoms with Crippen LogP contribution in [0, 0.1) is 0 Å². The fourth-order valence-corrected chi connectivity index (χ4v) is 3.18. The molecule has 0 radical (unpaired) electrons. The quantitative estimate of drug-likeness (QED) is 0.0986. The van der Waals surface area contributed by atoms with Crippen molar-refractivity contribution in [2.45, 2.75) is 123 Å². The molecule has 7 rings (SSSR count). The third-order valence-corrected chi connectivity index (χ3v) is 5.32. The molecule has 64 heavy (non-hydrogen) atoms. The SMILES string of the molecule is CC.CC.CC.CC.CC.CC.CC.CC1=CC(=O)C=CC1=O.CC1C=Cc2ccccc2O1.CO.CO.CO.O=C1C=CC(O)O1.c1ccccc1.c1ccccc1.c1ccoc1. The van der Waals surface area contributed by atoms with Crippen LogP contribution in [0.3, 0.4) is 0 Å². The average molecular weight is 899 g/mol. The summed E-state index contributed by atoms with van der Waals surface area (Å²) in [4.78, 5) is 31.1. The molecule has 3 aliphatic rings. The van der Waals surface area contributed by atoms with Crippen LogP contribution in [0.15, 0.2) is 168 Å². The van der Waals surface area contributed by atoms with Gasteiger partial charge in [0.25, 0.3) is 0 Å². The molecule has 4 aromatic rings. The molecule has 2 unspecified atom stereocenters. The molecule has 3 heterocycles. The van der Waals surface area contributed by atoms with E-state index in [4.69, 9.17) is 25.2 Å². The number of benzene rings is 3. The molecule has 0 saturated carbocycles. The topological polar surface area (TPSA) is 164 Å². The summed E-state index contributed by atoms with van der Waals surface area (Å²) in [5.41, 5.74) is 1.69. The van der Waals surface area contributed by atoms with E-state index in [1.807, 2.05) is 207 Å². The Bertz CT molecular complexity index is 1400. The van der Waals surface area contributed by atoms with E-state index < -0.39 is 12.3 Å². The molecular weight excluding hydrogens is 809 g/mol. The maximum Gasteiger partial charge on any atom is 0.333 e. The van der Waals surface area contributed by atoms with Crippen molar-refractivity contribution in [2.75, 3.05) is 21.3 Å². The van der Waals surface area contributed by atoms with E-state index in [-0.39, 0.29) is 17.7 Å². The zero-order valence-corrected chi connectivity index (χ0v) is 43.0. The molecule has 4 N–H and O–H groups in total. The number of esters is 1. The summed E-state index contributed by atoms with van der Waals surface area (Å²) in [5, 5.41) is 29.4. The smallest absolute Gasteiger partial charge is 0.333 e. The van der Waals surface area contributed by atoms with Crippen molar-refractivity contribution < 1.29 is 48.7 Å². The number of rotatable bonds is 0. The number of aliphatic hydroxyl groups excluding tert-OH is 4. The summed E-state index contributed by atoms with van der Waals surface area (Å²) < 4.78 is 14.3. The largest absolute Gasteiger partial charge is 0.486 e. The Kier molecular flexibility index (Phi) is 95.9. The van der Waals surface area contributed by atoms with E-state index in [0.29, 0.717) is 5.57 Å². The van der Waals surface area contributed by atoms with Gasteiger partial charge in [0.05, 0.1) is 12.5 Å². The van der Waals surface area contributed by atoms with E-state index in [1.54, 1.807) is 19.5 Å². The van der Waals surface area contributed by atoms with E-state index >= 15 is 0 Å². The summed E-state index contributed by atoms with van der Waals surface area (Å²) in [6, 6.07) is 35.7. The van der Waals surface area contributed by atoms with Crippen LogP contribution in [0.25, 0.3) is 6.08 Å². The van der Waals surface area contributed by atoms with Crippen LogP contribution in [-0.4, -0.2) is 71.7 Å². The number of carbonyl (C=O) groups excluding carboxylic acids is 3. The Morgan fingerprint density at radius 1 is 0.453 bits per heavy atom. The van der Waals surface area contributed by atoms with Gasteiger partial charge in [-0.15, -0.1) is 0 Å². The Labute approximate surface area is 390 Å². The Hall–Kier alpha value is -5.65. The average Bonchev–Trinajstić information content (AvgIpc) is 4.13. The number of carbonyl (C=O) groups is 3. The van der Waals surface area contributed by atoms with Crippen LogP contribution in [0.4, 0.5) is 0 Å². The number of furan rings is 1. The molecule has 2 atom stereocenters. The molecule has 3 aromatic carbocycles.